The van der Waals surface area contributed by atoms with E-state index < -0.39 is 18.6 Å². The first-order chi connectivity index (χ1) is 9.76. The van der Waals surface area contributed by atoms with Crippen LogP contribution in [0.15, 0.2) is 36.5 Å². The van der Waals surface area contributed by atoms with Crippen LogP contribution in [-0.2, 0) is 6.54 Å². The third-order valence-corrected chi connectivity index (χ3v) is 2.87. The molecule has 1 aromatic heterocycles. The first-order valence-corrected chi connectivity index (χ1v) is 6.09. The molecule has 0 aliphatic heterocycles. The summed E-state index contributed by atoms with van der Waals surface area (Å²) in [5.74, 6) is -0.567. The Morgan fingerprint density at radius 3 is 2.67 bits per heavy atom. The number of alkyl halides is 3. The first kappa shape index (κ1) is 15.0. The van der Waals surface area contributed by atoms with Crippen molar-refractivity contribution in [3.05, 3.63) is 47.8 Å². The minimum absolute atomic E-state index is 0.0773. The highest BCUT2D eigenvalue weighted by Gasteiger charge is 2.29. The number of aromatic nitrogens is 1. The number of hydrogen-bond donors (Lipinski definition) is 2. The molecular weight excluding hydrogens is 285 g/mol. The van der Waals surface area contributed by atoms with Gasteiger partial charge in [-0.15, -0.1) is 0 Å². The van der Waals surface area contributed by atoms with Gasteiger partial charge >= 0.3 is 6.18 Å². The van der Waals surface area contributed by atoms with Gasteiger partial charge in [0, 0.05) is 11.9 Å². The Morgan fingerprint density at radius 1 is 1.33 bits per heavy atom. The van der Waals surface area contributed by atoms with Crippen molar-refractivity contribution in [1.29, 1.82) is 0 Å². The van der Waals surface area contributed by atoms with Crippen LogP contribution < -0.4 is 5.32 Å². The fraction of sp³-hybridized carbons (Fsp3) is 0.214. The fourth-order valence-corrected chi connectivity index (χ4v) is 1.88. The summed E-state index contributed by atoms with van der Waals surface area (Å²) in [6.45, 7) is 0.425. The summed E-state index contributed by atoms with van der Waals surface area (Å²) in [5.41, 5.74) is 0.867. The lowest BCUT2D eigenvalue weighted by atomic mass is 10.2. The van der Waals surface area contributed by atoms with Gasteiger partial charge in [0.1, 0.15) is 18.0 Å². The fourth-order valence-electron chi connectivity index (χ4n) is 1.88. The van der Waals surface area contributed by atoms with E-state index in [2.05, 4.69) is 5.32 Å². The maximum Gasteiger partial charge on any atom is 0.406 e. The summed E-state index contributed by atoms with van der Waals surface area (Å²) in [6, 6.07) is 7.10. The number of hydrogen-bond acceptors (Lipinski definition) is 2. The number of nitrogens with zero attached hydrogens (tertiary/aromatic N) is 1. The number of phenolic OH excluding ortho intramolecular Hbond substituents is 1. The highest BCUT2D eigenvalue weighted by molar-refractivity contribution is 6.03. The summed E-state index contributed by atoms with van der Waals surface area (Å²) in [6.07, 6.45) is -3.20. The topological polar surface area (TPSA) is 54.3 Å². The minimum atomic E-state index is -4.40. The molecule has 2 rings (SSSR count). The summed E-state index contributed by atoms with van der Waals surface area (Å²) >= 11 is 0. The van der Waals surface area contributed by atoms with Gasteiger partial charge in [0.2, 0.25) is 0 Å². The number of halogens is 3. The zero-order valence-corrected chi connectivity index (χ0v) is 11.1. The number of aromatic hydroxyl groups is 1. The highest BCUT2D eigenvalue weighted by Crippen LogP contribution is 2.22. The minimum Gasteiger partial charge on any atom is -0.508 e. The van der Waals surface area contributed by atoms with Crippen LogP contribution in [0.25, 0.3) is 0 Å². The summed E-state index contributed by atoms with van der Waals surface area (Å²) < 4.78 is 38.1. The highest BCUT2D eigenvalue weighted by atomic mass is 19.4. The summed E-state index contributed by atoms with van der Waals surface area (Å²) in [4.78, 5) is 12.0. The molecule has 1 amide bonds. The number of amides is 1. The maximum atomic E-state index is 12.4. The molecule has 0 aliphatic carbocycles. The van der Waals surface area contributed by atoms with E-state index in [0.29, 0.717) is 11.3 Å². The van der Waals surface area contributed by atoms with E-state index in [-0.39, 0.29) is 11.4 Å². The molecule has 2 aromatic rings. The second kappa shape index (κ2) is 5.51. The van der Waals surface area contributed by atoms with E-state index >= 15 is 0 Å². The molecular formula is C14H13F3N2O2. The Kier molecular flexibility index (Phi) is 3.93. The molecule has 0 aliphatic rings. The standard InChI is InChI=1S/C14H13F3N2O2/c1-9-7-10(4-5-12(9)20)18-13(21)11-3-2-6-19(11)8-14(15,16)17/h2-7,20H,8H2,1H3,(H,18,21). The molecule has 1 aromatic carbocycles. The summed E-state index contributed by atoms with van der Waals surface area (Å²) in [5, 5.41) is 11.9. The molecule has 4 nitrogen and oxygen atoms in total. The van der Waals surface area contributed by atoms with E-state index in [1.54, 1.807) is 6.92 Å². The second-order valence-corrected chi connectivity index (χ2v) is 4.59. The molecule has 0 atom stereocenters. The summed E-state index contributed by atoms with van der Waals surface area (Å²) in [7, 11) is 0. The largest absolute Gasteiger partial charge is 0.508 e. The average Bonchev–Trinajstić information content (AvgIpc) is 2.79. The third kappa shape index (κ3) is 3.77. The van der Waals surface area contributed by atoms with Crippen molar-refractivity contribution < 1.29 is 23.1 Å². The predicted molar refractivity (Wildman–Crippen MR) is 71.3 cm³/mol. The molecule has 2 N–H and O–H groups in total. The van der Waals surface area contributed by atoms with E-state index in [1.165, 1.54) is 36.5 Å². The predicted octanol–water partition coefficient (Wildman–Crippen LogP) is 3.32. The van der Waals surface area contributed by atoms with Crippen molar-refractivity contribution in [2.24, 2.45) is 0 Å². The SMILES string of the molecule is Cc1cc(NC(=O)c2cccn2CC(F)(F)F)ccc1O. The molecule has 0 unspecified atom stereocenters. The van der Waals surface area contributed by atoms with Gasteiger partial charge in [-0.1, -0.05) is 0 Å². The van der Waals surface area contributed by atoms with Crippen molar-refractivity contribution in [3.63, 3.8) is 0 Å². The van der Waals surface area contributed by atoms with Crippen LogP contribution >= 0.6 is 0 Å². The average molecular weight is 298 g/mol. The molecule has 0 saturated carbocycles. The van der Waals surface area contributed by atoms with E-state index in [0.717, 1.165) is 4.57 Å². The third-order valence-electron chi connectivity index (χ3n) is 2.87. The Hall–Kier alpha value is -2.44. The van der Waals surface area contributed by atoms with E-state index in [4.69, 9.17) is 0 Å². The van der Waals surface area contributed by atoms with Crippen LogP contribution in [0.5, 0.6) is 5.75 Å². The normalized spacial score (nSPS) is 11.4. The van der Waals surface area contributed by atoms with Gasteiger partial charge in [-0.3, -0.25) is 4.79 Å². The molecule has 0 saturated heterocycles. The Morgan fingerprint density at radius 2 is 2.05 bits per heavy atom. The molecule has 0 radical (unpaired) electrons. The lowest BCUT2D eigenvalue weighted by Crippen LogP contribution is -2.23. The maximum absolute atomic E-state index is 12.4. The number of rotatable bonds is 3. The van der Waals surface area contributed by atoms with Crippen LogP contribution in [0.4, 0.5) is 18.9 Å². The number of nitrogens with one attached hydrogen (secondary N) is 1. The Bertz CT molecular complexity index is 662. The van der Waals surface area contributed by atoms with Crippen LogP contribution in [0, 0.1) is 6.92 Å². The number of carbonyl (C=O) groups excluding carboxylic acids is 1. The lowest BCUT2D eigenvalue weighted by Gasteiger charge is -2.12. The van der Waals surface area contributed by atoms with Crippen LogP contribution in [-0.4, -0.2) is 21.8 Å². The van der Waals surface area contributed by atoms with Gasteiger partial charge in [-0.05, 0) is 42.8 Å². The number of phenols is 1. The van der Waals surface area contributed by atoms with Gasteiger partial charge in [-0.2, -0.15) is 13.2 Å². The van der Waals surface area contributed by atoms with E-state index in [1.807, 2.05) is 0 Å². The van der Waals surface area contributed by atoms with Crippen molar-refractivity contribution in [3.8, 4) is 5.75 Å². The monoisotopic (exact) mass is 298 g/mol. The molecule has 1 heterocycles. The van der Waals surface area contributed by atoms with Crippen molar-refractivity contribution in [1.82, 2.24) is 4.57 Å². The molecule has 0 bridgehead atoms. The van der Waals surface area contributed by atoms with E-state index in [9.17, 15) is 23.1 Å². The molecule has 0 spiro atoms. The zero-order valence-electron chi connectivity index (χ0n) is 11.1. The lowest BCUT2D eigenvalue weighted by molar-refractivity contribution is -0.140. The molecule has 7 heteroatoms. The van der Waals surface area contributed by atoms with Crippen molar-refractivity contribution in [2.75, 3.05) is 5.32 Å². The number of carbonyl (C=O) groups is 1. The van der Waals surface area contributed by atoms with Gasteiger partial charge in [0.25, 0.3) is 5.91 Å². The van der Waals surface area contributed by atoms with Gasteiger partial charge in [0.05, 0.1) is 0 Å². The Labute approximate surface area is 118 Å². The van der Waals surface area contributed by atoms with Crippen LogP contribution in [0.3, 0.4) is 0 Å². The smallest absolute Gasteiger partial charge is 0.406 e. The zero-order chi connectivity index (χ0) is 15.6. The van der Waals surface area contributed by atoms with Gasteiger partial charge in [-0.25, -0.2) is 0 Å². The number of benzene rings is 1. The molecule has 21 heavy (non-hydrogen) atoms. The quantitative estimate of drug-likeness (QED) is 0.854. The Balaban J connectivity index is 2.17. The van der Waals surface area contributed by atoms with Crippen molar-refractivity contribution in [2.45, 2.75) is 19.6 Å². The number of anilines is 1. The van der Waals surface area contributed by atoms with Crippen LogP contribution in [0.2, 0.25) is 0 Å². The van der Waals surface area contributed by atoms with Crippen LogP contribution in [0.1, 0.15) is 16.1 Å². The first-order valence-electron chi connectivity index (χ1n) is 6.09. The second-order valence-electron chi connectivity index (χ2n) is 4.59. The molecule has 0 fully saturated rings. The number of aryl methyl sites for hydroxylation is 1. The van der Waals surface area contributed by atoms with Crippen molar-refractivity contribution >= 4 is 11.6 Å². The van der Waals surface area contributed by atoms with Gasteiger partial charge in [0.15, 0.2) is 0 Å². The molecule has 112 valence electrons. The van der Waals surface area contributed by atoms with Gasteiger partial charge < -0.3 is 15.0 Å².